The molecule has 2 heterocycles. The molecule has 0 saturated carbocycles. The van der Waals surface area contributed by atoms with Gasteiger partial charge < -0.3 is 0 Å². The summed E-state index contributed by atoms with van der Waals surface area (Å²) in [6.07, 6.45) is 0. The molecule has 0 amide bonds. The molecule has 65 heavy (non-hydrogen) atoms. The van der Waals surface area contributed by atoms with Gasteiger partial charge in [-0.3, -0.25) is 0 Å². The molecule has 0 N–H and O–H groups in total. The van der Waals surface area contributed by atoms with Crippen LogP contribution >= 0.6 is 23.5 Å². The van der Waals surface area contributed by atoms with Crippen molar-refractivity contribution in [1.29, 1.82) is 0 Å². The van der Waals surface area contributed by atoms with E-state index in [1.807, 2.05) is 23.5 Å². The van der Waals surface area contributed by atoms with Gasteiger partial charge in [-0.15, -0.1) is 0 Å². The van der Waals surface area contributed by atoms with Crippen molar-refractivity contribution in [2.24, 2.45) is 0 Å². The number of hydrogen-bond acceptors (Lipinski definition) is 2. The summed E-state index contributed by atoms with van der Waals surface area (Å²) < 4.78 is 0. The molecule has 0 nitrogen and oxygen atoms in total. The summed E-state index contributed by atoms with van der Waals surface area (Å²) in [7, 11) is 0. The third-order valence-corrected chi connectivity index (χ3v) is 16.7. The van der Waals surface area contributed by atoms with Crippen molar-refractivity contribution >= 4 is 68.2 Å². The molecular formula is C62H47BS2. The molecule has 2 aliphatic heterocycles. The van der Waals surface area contributed by atoms with Gasteiger partial charge in [0.25, 0.3) is 0 Å². The predicted octanol–water partition coefficient (Wildman–Crippen LogP) is 15.1. The lowest BCUT2D eigenvalue weighted by Crippen LogP contribution is -2.58. The maximum Gasteiger partial charge on any atom is 0.247 e. The maximum absolute atomic E-state index is 2.49. The van der Waals surface area contributed by atoms with Gasteiger partial charge in [-0.05, 0) is 113 Å². The molecule has 0 bridgehead atoms. The molecule has 0 saturated heterocycles. The van der Waals surface area contributed by atoms with E-state index in [0.717, 1.165) is 0 Å². The summed E-state index contributed by atoms with van der Waals surface area (Å²) in [5.74, 6) is 0. The topological polar surface area (TPSA) is 0 Å². The van der Waals surface area contributed by atoms with Crippen LogP contribution < -0.4 is 16.4 Å². The van der Waals surface area contributed by atoms with Crippen LogP contribution in [0.1, 0.15) is 49.9 Å². The molecule has 3 heteroatoms. The van der Waals surface area contributed by atoms with Crippen molar-refractivity contribution in [3.63, 3.8) is 0 Å². The summed E-state index contributed by atoms with van der Waals surface area (Å²) in [5, 5.41) is 5.09. The smallest absolute Gasteiger partial charge is 0.0911 e. The van der Waals surface area contributed by atoms with E-state index < -0.39 is 0 Å². The molecule has 0 unspecified atom stereocenters. The van der Waals surface area contributed by atoms with E-state index in [9.17, 15) is 0 Å². The zero-order valence-corrected chi connectivity index (χ0v) is 38.7. The average molecular weight is 867 g/mol. The van der Waals surface area contributed by atoms with Crippen LogP contribution in [0.4, 0.5) is 0 Å². The molecule has 0 radical (unpaired) electrons. The van der Waals surface area contributed by atoms with Gasteiger partial charge >= 0.3 is 0 Å². The van der Waals surface area contributed by atoms with Crippen LogP contribution in [-0.4, -0.2) is 6.71 Å². The molecule has 310 valence electrons. The number of fused-ring (bicyclic) bond motifs is 6. The van der Waals surface area contributed by atoms with E-state index in [2.05, 4.69) is 240 Å². The van der Waals surface area contributed by atoms with Gasteiger partial charge in [0.15, 0.2) is 0 Å². The summed E-state index contributed by atoms with van der Waals surface area (Å²) in [6, 6.07) is 79.7. The van der Waals surface area contributed by atoms with E-state index >= 15 is 0 Å². The lowest BCUT2D eigenvalue weighted by atomic mass is 9.36. The largest absolute Gasteiger partial charge is 0.247 e. The van der Waals surface area contributed by atoms with E-state index in [4.69, 9.17) is 0 Å². The molecule has 10 aromatic rings. The lowest BCUT2D eigenvalue weighted by Gasteiger charge is -2.36. The third-order valence-electron chi connectivity index (χ3n) is 14.4. The van der Waals surface area contributed by atoms with Crippen LogP contribution in [0.2, 0.25) is 0 Å². The van der Waals surface area contributed by atoms with Gasteiger partial charge in [-0.2, -0.15) is 0 Å². The molecule has 0 aromatic heterocycles. The van der Waals surface area contributed by atoms with E-state index in [1.165, 1.54) is 113 Å². The Morgan fingerprint density at radius 2 is 0.708 bits per heavy atom. The summed E-state index contributed by atoms with van der Waals surface area (Å²) in [5.41, 5.74) is 16.8. The van der Waals surface area contributed by atoms with Gasteiger partial charge in [0.1, 0.15) is 0 Å². The summed E-state index contributed by atoms with van der Waals surface area (Å²) >= 11 is 3.91. The van der Waals surface area contributed by atoms with E-state index in [1.54, 1.807) is 0 Å². The Morgan fingerprint density at radius 1 is 0.308 bits per heavy atom. The second kappa shape index (κ2) is 15.6. The highest BCUT2D eigenvalue weighted by molar-refractivity contribution is 8.01. The standard InChI is InChI=1S/C62H47BS2/c1-61(2,44-23-10-6-11-24-44)46-31-33-52-54(38-46)64-56-36-43(37-57-60(56)63(52)53-34-32-47(39-55(53)65-57)62(3,4)45-25-12-7-13-26-45)41-21-18-22-42(35-41)59-50-29-16-14-27-48(50)58(40-19-8-5-9-20-40)49-28-15-17-30-51(49)59/h5-39H,1-4H3. The van der Waals surface area contributed by atoms with Crippen LogP contribution in [0.5, 0.6) is 0 Å². The van der Waals surface area contributed by atoms with Crippen molar-refractivity contribution in [1.82, 2.24) is 0 Å². The molecule has 2 aliphatic rings. The Kier molecular flexibility index (Phi) is 9.60. The Hall–Kier alpha value is -6.52. The Balaban J connectivity index is 1.03. The van der Waals surface area contributed by atoms with Crippen LogP contribution in [0.25, 0.3) is 54.9 Å². The van der Waals surface area contributed by atoms with Gasteiger partial charge in [0, 0.05) is 30.4 Å². The zero-order chi connectivity index (χ0) is 43.9. The van der Waals surface area contributed by atoms with E-state index in [-0.39, 0.29) is 17.5 Å². The first-order valence-electron chi connectivity index (χ1n) is 22.8. The molecular weight excluding hydrogens is 820 g/mol. The van der Waals surface area contributed by atoms with Gasteiger partial charge in [0.2, 0.25) is 6.71 Å². The van der Waals surface area contributed by atoms with Gasteiger partial charge in [-0.1, -0.05) is 244 Å². The Morgan fingerprint density at radius 3 is 1.18 bits per heavy atom. The minimum Gasteiger partial charge on any atom is -0.0911 e. The van der Waals surface area contributed by atoms with Crippen molar-refractivity contribution in [2.75, 3.05) is 0 Å². The molecule has 0 atom stereocenters. The first-order chi connectivity index (χ1) is 31.7. The molecule has 12 rings (SSSR count). The number of rotatable bonds is 7. The highest BCUT2D eigenvalue weighted by Crippen LogP contribution is 2.47. The first-order valence-corrected chi connectivity index (χ1v) is 24.4. The summed E-state index contributed by atoms with van der Waals surface area (Å²) in [6.45, 7) is 9.59. The average Bonchev–Trinajstić information content (AvgIpc) is 3.35. The Labute approximate surface area is 391 Å². The van der Waals surface area contributed by atoms with Gasteiger partial charge in [-0.25, -0.2) is 0 Å². The minimum absolute atomic E-state index is 0.142. The van der Waals surface area contributed by atoms with Crippen LogP contribution in [-0.2, 0) is 10.8 Å². The zero-order valence-electron chi connectivity index (χ0n) is 37.1. The van der Waals surface area contributed by atoms with E-state index in [0.29, 0.717) is 0 Å². The summed E-state index contributed by atoms with van der Waals surface area (Å²) in [4.78, 5) is 5.41. The van der Waals surface area contributed by atoms with Crippen molar-refractivity contribution in [3.8, 4) is 33.4 Å². The normalized spacial score (nSPS) is 13.1. The predicted molar refractivity (Wildman–Crippen MR) is 281 cm³/mol. The Bertz CT molecular complexity index is 3300. The molecule has 10 aromatic carbocycles. The second-order valence-corrected chi connectivity index (χ2v) is 21.0. The fraction of sp³-hybridized carbons (Fsp3) is 0.0968. The highest BCUT2D eigenvalue weighted by Gasteiger charge is 2.40. The van der Waals surface area contributed by atoms with Crippen molar-refractivity contribution < 1.29 is 0 Å². The minimum atomic E-state index is -0.142. The lowest BCUT2D eigenvalue weighted by molar-refractivity contribution is 0.639. The first kappa shape index (κ1) is 40.0. The molecule has 0 aliphatic carbocycles. The fourth-order valence-corrected chi connectivity index (χ4v) is 13.3. The SMILES string of the molecule is CC(C)(c1ccccc1)c1ccc2c(c1)Sc1cc(-c3cccc(-c4c5ccccc5c(-c5ccccc5)c5ccccc45)c3)cc3c1B2c1ccc(C(C)(C)c2ccccc2)cc1S3. The maximum atomic E-state index is 2.49. The quantitative estimate of drug-likeness (QED) is 0.116. The van der Waals surface area contributed by atoms with Crippen LogP contribution in [0, 0.1) is 0 Å². The number of benzene rings is 10. The highest BCUT2D eigenvalue weighted by atomic mass is 32.2. The van der Waals surface area contributed by atoms with Crippen LogP contribution in [0.15, 0.2) is 232 Å². The van der Waals surface area contributed by atoms with Gasteiger partial charge in [0.05, 0.1) is 0 Å². The molecule has 0 fully saturated rings. The monoisotopic (exact) mass is 866 g/mol. The van der Waals surface area contributed by atoms with Crippen LogP contribution in [0.3, 0.4) is 0 Å². The molecule has 0 spiro atoms. The number of hydrogen-bond donors (Lipinski definition) is 0. The fourth-order valence-electron chi connectivity index (χ4n) is 10.7. The van der Waals surface area contributed by atoms with Crippen molar-refractivity contribution in [3.05, 3.63) is 235 Å². The van der Waals surface area contributed by atoms with Crippen molar-refractivity contribution in [2.45, 2.75) is 58.1 Å². The third kappa shape index (κ3) is 6.62. The second-order valence-electron chi connectivity index (χ2n) is 18.8.